The largest absolute Gasteiger partial charge is 0.370 e. The quantitative estimate of drug-likeness (QED) is 0.375. The third kappa shape index (κ3) is 5.63. The van der Waals surface area contributed by atoms with Gasteiger partial charge >= 0.3 is 0 Å². The standard InChI is InChI=1S/C20H19F2N5O2S/c1-2-23-19-13-5-3-4-6-16(13)26-20(27-19)30-11-18(29)24-10-17(28)25-12-7-8-14(21)15(22)9-12/h3-9H,2,10-11H2,1H3,(H,24,29)(H,25,28)(H,23,26,27). The first-order chi connectivity index (χ1) is 14.5. The summed E-state index contributed by atoms with van der Waals surface area (Å²) in [5.74, 6) is -2.32. The molecule has 0 saturated heterocycles. The monoisotopic (exact) mass is 431 g/mol. The van der Waals surface area contributed by atoms with Crippen molar-refractivity contribution in [1.82, 2.24) is 15.3 Å². The molecule has 0 spiro atoms. The average Bonchev–Trinajstić information content (AvgIpc) is 2.73. The molecule has 0 unspecified atom stereocenters. The summed E-state index contributed by atoms with van der Waals surface area (Å²) in [6.07, 6.45) is 0. The number of halogens is 2. The van der Waals surface area contributed by atoms with Crippen molar-refractivity contribution in [3.63, 3.8) is 0 Å². The van der Waals surface area contributed by atoms with Crippen LogP contribution in [-0.4, -0.2) is 40.6 Å². The molecular formula is C20H19F2N5O2S. The van der Waals surface area contributed by atoms with Gasteiger partial charge in [-0.25, -0.2) is 18.7 Å². The number of fused-ring (bicyclic) bond motifs is 1. The smallest absolute Gasteiger partial charge is 0.243 e. The van der Waals surface area contributed by atoms with Crippen molar-refractivity contribution in [2.24, 2.45) is 0 Å². The zero-order chi connectivity index (χ0) is 21.5. The van der Waals surface area contributed by atoms with Crippen LogP contribution in [0.4, 0.5) is 20.3 Å². The zero-order valence-corrected chi connectivity index (χ0v) is 16.9. The van der Waals surface area contributed by atoms with E-state index in [2.05, 4.69) is 25.9 Å². The third-order valence-corrected chi connectivity index (χ3v) is 4.76. The number of benzene rings is 2. The van der Waals surface area contributed by atoms with Crippen LogP contribution in [0.15, 0.2) is 47.6 Å². The summed E-state index contributed by atoms with van der Waals surface area (Å²) in [6.45, 7) is 2.35. The number of thioether (sulfide) groups is 1. The molecule has 0 aliphatic heterocycles. The number of anilines is 2. The first-order valence-corrected chi connectivity index (χ1v) is 10.1. The highest BCUT2D eigenvalue weighted by atomic mass is 32.2. The average molecular weight is 431 g/mol. The molecule has 1 aromatic heterocycles. The van der Waals surface area contributed by atoms with Gasteiger partial charge in [0, 0.05) is 23.7 Å². The van der Waals surface area contributed by atoms with E-state index >= 15 is 0 Å². The van der Waals surface area contributed by atoms with E-state index in [1.165, 1.54) is 6.07 Å². The summed E-state index contributed by atoms with van der Waals surface area (Å²) in [6, 6.07) is 10.6. The Morgan fingerprint density at radius 1 is 1.03 bits per heavy atom. The van der Waals surface area contributed by atoms with Gasteiger partial charge in [-0.05, 0) is 31.2 Å². The number of carbonyl (C=O) groups excluding carboxylic acids is 2. The summed E-state index contributed by atoms with van der Waals surface area (Å²) in [5.41, 5.74) is 0.861. The molecule has 0 saturated carbocycles. The molecule has 0 fully saturated rings. The van der Waals surface area contributed by atoms with Crippen molar-refractivity contribution in [3.8, 4) is 0 Å². The third-order valence-electron chi connectivity index (χ3n) is 3.91. The van der Waals surface area contributed by atoms with Crippen molar-refractivity contribution in [2.75, 3.05) is 29.5 Å². The van der Waals surface area contributed by atoms with Gasteiger partial charge < -0.3 is 16.0 Å². The van der Waals surface area contributed by atoms with Crippen molar-refractivity contribution < 1.29 is 18.4 Å². The minimum Gasteiger partial charge on any atom is -0.370 e. The molecule has 156 valence electrons. The predicted molar refractivity (Wildman–Crippen MR) is 112 cm³/mol. The van der Waals surface area contributed by atoms with Gasteiger partial charge in [-0.1, -0.05) is 23.9 Å². The number of carbonyl (C=O) groups is 2. The van der Waals surface area contributed by atoms with Crippen LogP contribution in [-0.2, 0) is 9.59 Å². The lowest BCUT2D eigenvalue weighted by Gasteiger charge is -2.09. The van der Waals surface area contributed by atoms with E-state index in [0.29, 0.717) is 17.5 Å². The van der Waals surface area contributed by atoms with Crippen molar-refractivity contribution in [3.05, 3.63) is 54.1 Å². The Hall–Kier alpha value is -3.27. The van der Waals surface area contributed by atoms with Gasteiger partial charge in [0.05, 0.1) is 17.8 Å². The highest BCUT2D eigenvalue weighted by molar-refractivity contribution is 7.99. The fourth-order valence-corrected chi connectivity index (χ4v) is 3.24. The molecule has 3 aromatic rings. The summed E-state index contributed by atoms with van der Waals surface area (Å²) in [4.78, 5) is 32.8. The number of nitrogens with one attached hydrogen (secondary N) is 3. The molecule has 0 aliphatic carbocycles. The molecular weight excluding hydrogens is 412 g/mol. The number of para-hydroxylation sites is 1. The molecule has 0 atom stereocenters. The number of rotatable bonds is 8. The fraction of sp³-hybridized carbons (Fsp3) is 0.200. The molecule has 0 aliphatic rings. The van der Waals surface area contributed by atoms with Gasteiger partial charge in [0.1, 0.15) is 5.82 Å². The Morgan fingerprint density at radius 3 is 2.60 bits per heavy atom. The van der Waals surface area contributed by atoms with Crippen LogP contribution in [0.2, 0.25) is 0 Å². The molecule has 0 bridgehead atoms. The van der Waals surface area contributed by atoms with Crippen molar-refractivity contribution in [1.29, 1.82) is 0 Å². The lowest BCUT2D eigenvalue weighted by molar-refractivity contribution is -0.122. The first-order valence-electron chi connectivity index (χ1n) is 9.11. The predicted octanol–water partition coefficient (Wildman–Crippen LogP) is 3.19. The molecule has 2 aromatic carbocycles. The molecule has 0 radical (unpaired) electrons. The lowest BCUT2D eigenvalue weighted by atomic mass is 10.2. The van der Waals surface area contributed by atoms with Crippen LogP contribution in [0.5, 0.6) is 0 Å². The minimum absolute atomic E-state index is 0.0162. The highest BCUT2D eigenvalue weighted by Gasteiger charge is 2.11. The van der Waals surface area contributed by atoms with E-state index in [4.69, 9.17) is 0 Å². The highest BCUT2D eigenvalue weighted by Crippen LogP contribution is 2.24. The normalized spacial score (nSPS) is 10.6. The summed E-state index contributed by atoms with van der Waals surface area (Å²) in [5, 5.41) is 9.35. The molecule has 7 nitrogen and oxygen atoms in total. The van der Waals surface area contributed by atoms with Crippen LogP contribution >= 0.6 is 11.8 Å². The zero-order valence-electron chi connectivity index (χ0n) is 16.0. The molecule has 3 rings (SSSR count). The Morgan fingerprint density at radius 2 is 1.83 bits per heavy atom. The van der Waals surface area contributed by atoms with E-state index in [1.807, 2.05) is 31.2 Å². The van der Waals surface area contributed by atoms with Gasteiger partial charge in [-0.3, -0.25) is 9.59 Å². The summed E-state index contributed by atoms with van der Waals surface area (Å²) >= 11 is 1.15. The van der Waals surface area contributed by atoms with Gasteiger partial charge in [0.25, 0.3) is 0 Å². The first kappa shape index (κ1) is 21.4. The Labute approximate surface area is 175 Å². The number of amides is 2. The number of nitrogens with zero attached hydrogens (tertiary/aromatic N) is 2. The molecule has 3 N–H and O–H groups in total. The van der Waals surface area contributed by atoms with E-state index < -0.39 is 17.5 Å². The maximum atomic E-state index is 13.2. The SMILES string of the molecule is CCNc1nc(SCC(=O)NCC(=O)Nc2ccc(F)c(F)c2)nc2ccccc12. The second-order valence-corrected chi connectivity index (χ2v) is 7.09. The van der Waals surface area contributed by atoms with Crippen molar-refractivity contribution >= 4 is 46.0 Å². The molecule has 30 heavy (non-hydrogen) atoms. The Kier molecular flexibility index (Phi) is 7.12. The Balaban J connectivity index is 1.53. The van der Waals surface area contributed by atoms with Crippen LogP contribution in [0.25, 0.3) is 10.9 Å². The number of hydrogen-bond donors (Lipinski definition) is 3. The minimum atomic E-state index is -1.07. The second kappa shape index (κ2) is 9.97. The fourth-order valence-electron chi connectivity index (χ4n) is 2.56. The van der Waals surface area contributed by atoms with Crippen molar-refractivity contribution in [2.45, 2.75) is 12.1 Å². The molecule has 2 amide bonds. The van der Waals surface area contributed by atoms with E-state index in [0.717, 1.165) is 34.8 Å². The van der Waals surface area contributed by atoms with Gasteiger partial charge in [0.15, 0.2) is 16.8 Å². The maximum Gasteiger partial charge on any atom is 0.243 e. The second-order valence-electron chi connectivity index (χ2n) is 6.14. The Bertz CT molecular complexity index is 1080. The van der Waals surface area contributed by atoms with Crippen LogP contribution < -0.4 is 16.0 Å². The van der Waals surface area contributed by atoms with E-state index in [-0.39, 0.29) is 23.9 Å². The van der Waals surface area contributed by atoms with Gasteiger partial charge in [-0.15, -0.1) is 0 Å². The van der Waals surface area contributed by atoms with E-state index in [9.17, 15) is 18.4 Å². The topological polar surface area (TPSA) is 96.0 Å². The van der Waals surface area contributed by atoms with Gasteiger partial charge in [-0.2, -0.15) is 0 Å². The summed E-state index contributed by atoms with van der Waals surface area (Å²) in [7, 11) is 0. The number of aromatic nitrogens is 2. The molecule has 10 heteroatoms. The molecule has 1 heterocycles. The van der Waals surface area contributed by atoms with Crippen LogP contribution in [0.1, 0.15) is 6.92 Å². The number of hydrogen-bond acceptors (Lipinski definition) is 6. The van der Waals surface area contributed by atoms with Crippen LogP contribution in [0.3, 0.4) is 0 Å². The summed E-state index contributed by atoms with van der Waals surface area (Å²) < 4.78 is 26.1. The van der Waals surface area contributed by atoms with E-state index in [1.54, 1.807) is 0 Å². The van der Waals surface area contributed by atoms with Crippen LogP contribution in [0, 0.1) is 11.6 Å². The van der Waals surface area contributed by atoms with Gasteiger partial charge in [0.2, 0.25) is 11.8 Å². The maximum absolute atomic E-state index is 13.2. The lowest BCUT2D eigenvalue weighted by Crippen LogP contribution is -2.33.